The molecule has 0 fully saturated rings. The normalized spacial score (nSPS) is 15.4. The first-order chi connectivity index (χ1) is 15.3. The van der Waals surface area contributed by atoms with Crippen molar-refractivity contribution in [3.05, 3.63) is 48.2 Å². The number of methoxy groups -OCH3 is 1. The zero-order valence-corrected chi connectivity index (χ0v) is 16.6. The second-order valence-corrected chi connectivity index (χ2v) is 6.78. The van der Waals surface area contributed by atoms with Crippen molar-refractivity contribution in [3.63, 3.8) is 0 Å². The van der Waals surface area contributed by atoms with Crippen LogP contribution in [-0.4, -0.2) is 42.0 Å². The zero-order chi connectivity index (χ0) is 22.9. The van der Waals surface area contributed by atoms with Gasteiger partial charge >= 0.3 is 18.5 Å². The Hall–Kier alpha value is -3.96. The number of hydrogen-bond acceptors (Lipinski definition) is 6. The van der Waals surface area contributed by atoms with Gasteiger partial charge < -0.3 is 24.8 Å². The van der Waals surface area contributed by atoms with Gasteiger partial charge in [-0.15, -0.1) is 13.2 Å². The Bertz CT molecular complexity index is 1180. The molecule has 0 saturated heterocycles. The molecular weight excluding hydrogens is 433 g/mol. The molecule has 1 unspecified atom stereocenters. The highest BCUT2D eigenvalue weighted by Crippen LogP contribution is 2.41. The third-order valence-electron chi connectivity index (χ3n) is 4.78. The highest BCUT2D eigenvalue weighted by atomic mass is 19.4. The number of alkyl halides is 3. The van der Waals surface area contributed by atoms with Gasteiger partial charge in [0.05, 0.1) is 37.2 Å². The maximum absolute atomic E-state index is 12.7. The number of benzene rings is 2. The fraction of sp³-hybridized carbons (Fsp3) is 0.250. The average molecular weight is 450 g/mol. The average Bonchev–Trinajstić information content (AvgIpc) is 3.18. The summed E-state index contributed by atoms with van der Waals surface area (Å²) in [6.07, 6.45) is -3.80. The van der Waals surface area contributed by atoms with Gasteiger partial charge in [0, 0.05) is 17.4 Å². The van der Waals surface area contributed by atoms with Crippen LogP contribution < -0.4 is 20.1 Å². The lowest BCUT2D eigenvalue weighted by molar-refractivity contribution is -0.275. The topological polar surface area (TPSA) is 104 Å². The Balaban J connectivity index is 1.54. The fourth-order valence-electron chi connectivity index (χ4n) is 3.46. The Kier molecular flexibility index (Phi) is 5.51. The van der Waals surface area contributed by atoms with Crippen molar-refractivity contribution in [1.82, 2.24) is 15.1 Å². The van der Waals surface area contributed by atoms with E-state index >= 15 is 0 Å². The number of amides is 2. The molecule has 168 valence electrons. The lowest BCUT2D eigenvalue weighted by Gasteiger charge is -2.28. The van der Waals surface area contributed by atoms with Gasteiger partial charge in [0.25, 0.3) is 0 Å². The number of nitrogens with one attached hydrogen (secondary N) is 2. The quantitative estimate of drug-likeness (QED) is 0.620. The van der Waals surface area contributed by atoms with Crippen molar-refractivity contribution in [3.8, 4) is 11.5 Å². The molecule has 0 spiro atoms. The van der Waals surface area contributed by atoms with Crippen molar-refractivity contribution in [1.29, 1.82) is 0 Å². The van der Waals surface area contributed by atoms with Gasteiger partial charge in [0.2, 0.25) is 0 Å². The number of aromatic nitrogens is 2. The van der Waals surface area contributed by atoms with E-state index in [1.165, 1.54) is 19.4 Å². The molecule has 4 rings (SSSR count). The SMILES string of the molecule is COC(=O)n1ncc2c(NC(=O)NC3CCOc4c(OC(F)(F)F)cccc43)cccc21. The predicted octanol–water partition coefficient (Wildman–Crippen LogP) is 4.19. The molecule has 1 aliphatic rings. The van der Waals surface area contributed by atoms with Crippen molar-refractivity contribution in [2.24, 2.45) is 0 Å². The van der Waals surface area contributed by atoms with E-state index in [2.05, 4.69) is 25.2 Å². The van der Waals surface area contributed by atoms with Crippen molar-refractivity contribution in [2.45, 2.75) is 18.8 Å². The molecule has 1 atom stereocenters. The summed E-state index contributed by atoms with van der Waals surface area (Å²) in [6.45, 7) is 0.0949. The van der Waals surface area contributed by atoms with Gasteiger partial charge in [-0.1, -0.05) is 18.2 Å². The van der Waals surface area contributed by atoms with E-state index in [0.29, 0.717) is 28.6 Å². The number of carbonyl (C=O) groups is 2. The minimum atomic E-state index is -4.87. The molecule has 2 aromatic carbocycles. The third kappa shape index (κ3) is 4.24. The van der Waals surface area contributed by atoms with Crippen LogP contribution in [0, 0.1) is 0 Å². The Labute approximate surface area is 179 Å². The molecule has 1 aromatic heterocycles. The molecule has 1 aliphatic heterocycles. The maximum atomic E-state index is 12.7. The lowest BCUT2D eigenvalue weighted by Crippen LogP contribution is -2.35. The van der Waals surface area contributed by atoms with E-state index in [1.54, 1.807) is 24.3 Å². The molecule has 32 heavy (non-hydrogen) atoms. The standard InChI is InChI=1S/C20H17F3N4O5/c1-30-19(29)27-15-6-3-5-13(12(15)10-24-27)25-18(28)26-14-8-9-31-17-11(14)4-2-7-16(17)32-20(21,22)23/h2-7,10,14H,8-9H2,1H3,(H2,25,26,28). The summed E-state index contributed by atoms with van der Waals surface area (Å²) in [7, 11) is 1.22. The first-order valence-corrected chi connectivity index (χ1v) is 9.41. The zero-order valence-electron chi connectivity index (χ0n) is 16.6. The van der Waals surface area contributed by atoms with E-state index in [4.69, 9.17) is 4.74 Å². The highest BCUT2D eigenvalue weighted by Gasteiger charge is 2.34. The minimum Gasteiger partial charge on any atom is -0.489 e. The first kappa shape index (κ1) is 21.3. The van der Waals surface area contributed by atoms with Crippen LogP contribution in [0.3, 0.4) is 0 Å². The summed E-state index contributed by atoms with van der Waals surface area (Å²) in [6, 6.07) is 7.79. The van der Waals surface area contributed by atoms with Crippen molar-refractivity contribution in [2.75, 3.05) is 19.0 Å². The van der Waals surface area contributed by atoms with E-state index in [1.807, 2.05) is 0 Å². The fourth-order valence-corrected chi connectivity index (χ4v) is 3.46. The molecule has 3 aromatic rings. The summed E-state index contributed by atoms with van der Waals surface area (Å²) in [5, 5.41) is 9.88. The van der Waals surface area contributed by atoms with Crippen LogP contribution in [0.5, 0.6) is 11.5 Å². The molecule has 0 radical (unpaired) electrons. The Morgan fingerprint density at radius 1 is 1.22 bits per heavy atom. The van der Waals surface area contributed by atoms with Crippen LogP contribution >= 0.6 is 0 Å². The van der Waals surface area contributed by atoms with Gasteiger partial charge in [-0.25, -0.2) is 9.59 Å². The summed E-state index contributed by atoms with van der Waals surface area (Å²) < 4.78 is 53.1. The summed E-state index contributed by atoms with van der Waals surface area (Å²) in [5.41, 5.74) is 1.18. The van der Waals surface area contributed by atoms with E-state index in [-0.39, 0.29) is 12.4 Å². The smallest absolute Gasteiger partial charge is 0.489 e. The molecule has 9 nitrogen and oxygen atoms in total. The van der Waals surface area contributed by atoms with Gasteiger partial charge in [0.1, 0.15) is 0 Å². The van der Waals surface area contributed by atoms with Crippen molar-refractivity contribution >= 4 is 28.7 Å². The number of hydrogen-bond donors (Lipinski definition) is 2. The number of halogens is 3. The second-order valence-electron chi connectivity index (χ2n) is 6.78. The number of anilines is 1. The van der Waals surface area contributed by atoms with Crippen LogP contribution in [0.2, 0.25) is 0 Å². The molecule has 12 heteroatoms. The van der Waals surface area contributed by atoms with Gasteiger partial charge in [-0.2, -0.15) is 9.78 Å². The van der Waals surface area contributed by atoms with Gasteiger partial charge in [-0.05, 0) is 18.2 Å². The van der Waals surface area contributed by atoms with Crippen molar-refractivity contribution < 1.29 is 37.0 Å². The van der Waals surface area contributed by atoms with Gasteiger partial charge in [-0.3, -0.25) is 0 Å². The van der Waals surface area contributed by atoms with E-state index in [0.717, 1.165) is 10.7 Å². The number of carbonyl (C=O) groups excluding carboxylic acids is 2. The number of fused-ring (bicyclic) bond motifs is 2. The lowest BCUT2D eigenvalue weighted by atomic mass is 10.00. The van der Waals surface area contributed by atoms with Crippen LogP contribution in [0.25, 0.3) is 10.9 Å². The molecule has 2 amide bonds. The number of rotatable bonds is 3. The maximum Gasteiger partial charge on any atom is 0.573 e. The van der Waals surface area contributed by atoms with Crippen LogP contribution in [0.1, 0.15) is 18.0 Å². The molecular formula is C20H17F3N4O5. The summed E-state index contributed by atoms with van der Waals surface area (Å²) in [5.74, 6) is -0.537. The van der Waals surface area contributed by atoms with Gasteiger partial charge in [0.15, 0.2) is 11.5 Å². The molecule has 0 saturated carbocycles. The second kappa shape index (κ2) is 8.29. The molecule has 0 aliphatic carbocycles. The Morgan fingerprint density at radius 2 is 2.00 bits per heavy atom. The first-order valence-electron chi connectivity index (χ1n) is 9.41. The third-order valence-corrected chi connectivity index (χ3v) is 4.78. The minimum absolute atomic E-state index is 0.0668. The number of para-hydroxylation sites is 1. The number of ether oxygens (including phenoxy) is 3. The number of nitrogens with zero attached hydrogens (tertiary/aromatic N) is 2. The highest BCUT2D eigenvalue weighted by molar-refractivity contribution is 6.02. The molecule has 0 bridgehead atoms. The van der Waals surface area contributed by atoms with E-state index < -0.39 is 30.3 Å². The summed E-state index contributed by atoms with van der Waals surface area (Å²) in [4.78, 5) is 24.5. The summed E-state index contributed by atoms with van der Waals surface area (Å²) >= 11 is 0. The predicted molar refractivity (Wildman–Crippen MR) is 106 cm³/mol. The molecule has 2 heterocycles. The van der Waals surface area contributed by atoms with Crippen LogP contribution in [-0.2, 0) is 4.74 Å². The van der Waals surface area contributed by atoms with Crippen LogP contribution in [0.15, 0.2) is 42.6 Å². The largest absolute Gasteiger partial charge is 0.573 e. The molecule has 2 N–H and O–H groups in total. The van der Waals surface area contributed by atoms with E-state index in [9.17, 15) is 22.8 Å². The Morgan fingerprint density at radius 3 is 2.75 bits per heavy atom. The van der Waals surface area contributed by atoms with Crippen LogP contribution in [0.4, 0.5) is 28.4 Å². The monoisotopic (exact) mass is 450 g/mol. The number of urea groups is 1.